The van der Waals surface area contributed by atoms with Gasteiger partial charge in [-0.25, -0.2) is 8.78 Å². The molecule has 2 aromatic rings. The number of pyridine rings is 1. The lowest BCUT2D eigenvalue weighted by atomic mass is 9.73. The number of halogens is 3. The highest BCUT2D eigenvalue weighted by molar-refractivity contribution is 9.09. The number of allylic oxidation sites excluding steroid dienone is 3. The van der Waals surface area contributed by atoms with Gasteiger partial charge in [-0.15, -0.1) is 0 Å². The molecule has 3 aliphatic rings. The van der Waals surface area contributed by atoms with E-state index < -0.39 is 46.3 Å². The molecule has 7 nitrogen and oxygen atoms in total. The van der Waals surface area contributed by atoms with Gasteiger partial charge in [0.15, 0.2) is 23.1 Å². The first-order chi connectivity index (χ1) is 16.1. The van der Waals surface area contributed by atoms with Crippen LogP contribution >= 0.6 is 15.9 Å². The second-order valence-electron chi connectivity index (χ2n) is 8.85. The van der Waals surface area contributed by atoms with Gasteiger partial charge >= 0.3 is 0 Å². The zero-order valence-corrected chi connectivity index (χ0v) is 20.0. The largest absolute Gasteiger partial charge is 0.502 e. The highest BCUT2D eigenvalue weighted by Gasteiger charge is 2.50. The molecule has 1 N–H and O–H groups in total. The Morgan fingerprint density at radius 2 is 1.94 bits per heavy atom. The zero-order valence-electron chi connectivity index (χ0n) is 18.4. The van der Waals surface area contributed by atoms with E-state index in [2.05, 4.69) is 15.9 Å². The number of hydrogen-bond donors (Lipinski definition) is 1. The molecule has 0 fully saturated rings. The van der Waals surface area contributed by atoms with Crippen molar-refractivity contribution in [2.24, 2.45) is 5.41 Å². The second-order valence-corrected chi connectivity index (χ2v) is 9.84. The molecule has 0 saturated carbocycles. The average molecular weight is 534 g/mol. The molecule has 0 bridgehead atoms. The number of carbonyl (C=O) groups is 1. The van der Waals surface area contributed by atoms with Crippen molar-refractivity contribution < 1.29 is 23.4 Å². The fraction of sp³-hybridized carbons (Fsp3) is 0.333. The van der Waals surface area contributed by atoms with Crippen LogP contribution in [0.25, 0.3) is 0 Å². The first-order valence-corrected chi connectivity index (χ1v) is 11.7. The van der Waals surface area contributed by atoms with Crippen LogP contribution in [-0.2, 0) is 0 Å². The van der Waals surface area contributed by atoms with E-state index in [1.54, 1.807) is 7.05 Å². The number of amides is 1. The summed E-state index contributed by atoms with van der Waals surface area (Å²) in [5.41, 5.74) is -1.24. The normalized spacial score (nSPS) is 27.9. The maximum Gasteiger partial charge on any atom is 0.277 e. The van der Waals surface area contributed by atoms with Crippen LogP contribution in [0.5, 0.6) is 11.5 Å². The number of benzene rings is 1. The predicted molar refractivity (Wildman–Crippen MR) is 125 cm³/mol. The second kappa shape index (κ2) is 7.97. The summed E-state index contributed by atoms with van der Waals surface area (Å²) >= 11 is 3.72. The maximum atomic E-state index is 14.6. The van der Waals surface area contributed by atoms with Crippen molar-refractivity contribution in [3.63, 3.8) is 0 Å². The summed E-state index contributed by atoms with van der Waals surface area (Å²) in [7, 11) is 1.58. The quantitative estimate of drug-likeness (QED) is 0.567. The summed E-state index contributed by atoms with van der Waals surface area (Å²) in [4.78, 5) is 26.6. The fourth-order valence-corrected chi connectivity index (χ4v) is 5.62. The number of alkyl halides is 1. The van der Waals surface area contributed by atoms with Crippen molar-refractivity contribution >= 4 is 21.8 Å². The number of fused-ring (bicyclic) bond motifs is 4. The van der Waals surface area contributed by atoms with Gasteiger partial charge in [-0.3, -0.25) is 19.3 Å². The van der Waals surface area contributed by atoms with Crippen molar-refractivity contribution in [1.82, 2.24) is 9.58 Å². The number of ether oxygens (including phenoxy) is 1. The van der Waals surface area contributed by atoms with E-state index in [9.17, 15) is 23.5 Å². The Morgan fingerprint density at radius 3 is 2.68 bits per heavy atom. The number of aromatic hydroxyl groups is 1. The van der Waals surface area contributed by atoms with E-state index in [1.807, 2.05) is 36.2 Å². The lowest BCUT2D eigenvalue weighted by Crippen LogP contribution is -2.64. The van der Waals surface area contributed by atoms with Gasteiger partial charge in [0.05, 0.1) is 12.6 Å². The number of nitrogens with zero attached hydrogens (tertiary/aromatic N) is 3. The van der Waals surface area contributed by atoms with E-state index in [4.69, 9.17) is 4.74 Å². The van der Waals surface area contributed by atoms with E-state index in [0.717, 1.165) is 12.1 Å². The smallest absolute Gasteiger partial charge is 0.277 e. The van der Waals surface area contributed by atoms with Crippen molar-refractivity contribution in [2.75, 3.05) is 18.7 Å². The monoisotopic (exact) mass is 533 g/mol. The molecule has 1 aromatic carbocycles. The van der Waals surface area contributed by atoms with Crippen LogP contribution in [0.4, 0.5) is 8.78 Å². The summed E-state index contributed by atoms with van der Waals surface area (Å²) in [6.45, 7) is 2.09. The number of aromatic nitrogens is 1. The molecule has 34 heavy (non-hydrogen) atoms. The molecule has 10 heteroatoms. The topological polar surface area (TPSA) is 75.0 Å². The fourth-order valence-electron chi connectivity index (χ4n) is 5.04. The van der Waals surface area contributed by atoms with Crippen LogP contribution < -0.4 is 15.2 Å². The van der Waals surface area contributed by atoms with Gasteiger partial charge in [-0.2, -0.15) is 0 Å². The van der Waals surface area contributed by atoms with E-state index in [1.165, 1.54) is 21.8 Å². The Bertz CT molecular complexity index is 1310. The minimum absolute atomic E-state index is 0.134. The molecular formula is C24H22BrF2N3O4. The molecule has 3 heterocycles. The van der Waals surface area contributed by atoms with Crippen molar-refractivity contribution in [2.45, 2.75) is 30.4 Å². The highest BCUT2D eigenvalue weighted by atomic mass is 79.9. The van der Waals surface area contributed by atoms with Crippen LogP contribution in [0.2, 0.25) is 0 Å². The lowest BCUT2D eigenvalue weighted by Gasteiger charge is -2.54. The number of hydrogen-bond acceptors (Lipinski definition) is 5. The lowest BCUT2D eigenvalue weighted by molar-refractivity contribution is 0.0517. The molecule has 0 radical (unpaired) electrons. The molecule has 4 atom stereocenters. The average Bonchev–Trinajstić information content (AvgIpc) is 2.79. The van der Waals surface area contributed by atoms with Gasteiger partial charge < -0.3 is 14.7 Å². The van der Waals surface area contributed by atoms with Gasteiger partial charge in [0, 0.05) is 47.6 Å². The third-order valence-electron chi connectivity index (χ3n) is 6.85. The van der Waals surface area contributed by atoms with Crippen molar-refractivity contribution in [1.29, 1.82) is 0 Å². The summed E-state index contributed by atoms with van der Waals surface area (Å²) in [5, 5.41) is 12.4. The summed E-state index contributed by atoms with van der Waals surface area (Å²) < 4.78 is 36.2. The molecule has 1 amide bonds. The molecule has 2 unspecified atom stereocenters. The molecule has 5 rings (SSSR count). The Morgan fingerprint density at radius 1 is 1.21 bits per heavy atom. The third kappa shape index (κ3) is 3.19. The van der Waals surface area contributed by atoms with Crippen molar-refractivity contribution in [3.05, 3.63) is 81.8 Å². The summed E-state index contributed by atoms with van der Waals surface area (Å²) in [5.74, 6) is -3.06. The SMILES string of the molecule is CN1C(=O)c2c(O)c(=O)ccn2N2[C@H](C3(C)C=CC=CC3Br)c3cc(F)c(F)cc3OCC[C@@H]12. The van der Waals surface area contributed by atoms with Gasteiger partial charge in [0.1, 0.15) is 11.9 Å². The van der Waals surface area contributed by atoms with Gasteiger partial charge in [-0.1, -0.05) is 47.2 Å². The number of carbonyl (C=O) groups excluding carboxylic acids is 1. The Hall–Kier alpha value is -3.14. The van der Waals surface area contributed by atoms with Crippen molar-refractivity contribution in [3.8, 4) is 11.5 Å². The van der Waals surface area contributed by atoms with Crippen LogP contribution in [0, 0.1) is 17.0 Å². The minimum atomic E-state index is -1.03. The van der Waals surface area contributed by atoms with Gasteiger partial charge in [0.2, 0.25) is 5.43 Å². The van der Waals surface area contributed by atoms with Crippen LogP contribution in [0.3, 0.4) is 0 Å². The maximum absolute atomic E-state index is 14.6. The minimum Gasteiger partial charge on any atom is -0.502 e. The Kier molecular flexibility index (Phi) is 5.31. The number of rotatable bonds is 1. The molecule has 1 aromatic heterocycles. The third-order valence-corrected chi connectivity index (χ3v) is 8.15. The van der Waals surface area contributed by atoms with E-state index >= 15 is 0 Å². The standard InChI is InChI=1S/C24H22BrF2N3O4/c1-24(8-4-3-5-18(24)25)22-13-11-14(26)15(27)12-17(13)34-10-7-19-28(2)23(33)20-21(32)16(31)6-9-29(20)30(19)22/h3-6,8-9,11-12,18-19,22,32H,7,10H2,1-2H3/t18?,19-,22-,24?/m0/s1. The molecule has 1 aliphatic carbocycles. The first kappa shape index (κ1) is 22.6. The molecule has 178 valence electrons. The van der Waals surface area contributed by atoms with Crippen LogP contribution in [-0.4, -0.2) is 45.2 Å². The predicted octanol–water partition coefficient (Wildman–Crippen LogP) is 3.60. The Balaban J connectivity index is 1.86. The summed E-state index contributed by atoms with van der Waals surface area (Å²) in [6, 6.07) is 2.63. The van der Waals surface area contributed by atoms with Crippen LogP contribution in [0.1, 0.15) is 35.4 Å². The molecular weight excluding hydrogens is 512 g/mol. The highest BCUT2D eigenvalue weighted by Crippen LogP contribution is 2.51. The van der Waals surface area contributed by atoms with Crippen LogP contribution in [0.15, 0.2) is 53.5 Å². The molecule has 0 spiro atoms. The first-order valence-electron chi connectivity index (χ1n) is 10.8. The van der Waals surface area contributed by atoms with Gasteiger partial charge in [0.25, 0.3) is 5.91 Å². The van der Waals surface area contributed by atoms with E-state index in [0.29, 0.717) is 12.0 Å². The summed E-state index contributed by atoms with van der Waals surface area (Å²) in [6.07, 6.45) is 8.85. The zero-order chi connectivity index (χ0) is 24.4. The molecule has 2 aliphatic heterocycles. The molecule has 0 saturated heterocycles. The van der Waals surface area contributed by atoms with Gasteiger partial charge in [-0.05, 0) is 6.07 Å². The van der Waals surface area contributed by atoms with E-state index in [-0.39, 0.29) is 22.9 Å². The Labute approximate surface area is 202 Å².